The third-order valence-corrected chi connectivity index (χ3v) is 6.34. The minimum Gasteiger partial charge on any atom is -0.348 e. The summed E-state index contributed by atoms with van der Waals surface area (Å²) in [5.41, 5.74) is 5.76. The third-order valence-electron chi connectivity index (χ3n) is 5.09. The minimum atomic E-state index is -3.63. The Morgan fingerprint density at radius 3 is 2.11 bits per heavy atom. The average molecular weight is 403 g/mol. The summed E-state index contributed by atoms with van der Waals surface area (Å²) in [5.74, 6) is -0.336. The van der Waals surface area contributed by atoms with Crippen LogP contribution in [0.5, 0.6) is 0 Å². The Bertz CT molecular complexity index is 983. The van der Waals surface area contributed by atoms with Crippen LogP contribution < -0.4 is 9.62 Å². The van der Waals surface area contributed by atoms with Gasteiger partial charge in [0.15, 0.2) is 0 Å². The van der Waals surface area contributed by atoms with Gasteiger partial charge in [-0.3, -0.25) is 9.10 Å². The summed E-state index contributed by atoms with van der Waals surface area (Å²) in [6.07, 6.45) is 1.13. The van der Waals surface area contributed by atoms with Gasteiger partial charge in [-0.25, -0.2) is 8.42 Å². The number of carbonyl (C=O) groups excluding carboxylic acids is 1. The summed E-state index contributed by atoms with van der Waals surface area (Å²) in [6, 6.07) is 10.4. The summed E-state index contributed by atoms with van der Waals surface area (Å²) in [7, 11) is -3.63. The van der Waals surface area contributed by atoms with Crippen LogP contribution in [0.15, 0.2) is 36.4 Å². The first kappa shape index (κ1) is 22.0. The molecule has 0 aliphatic heterocycles. The first-order valence-electron chi connectivity index (χ1n) is 9.36. The number of amides is 1. The molecule has 2 aromatic rings. The fraction of sp³-hybridized carbons (Fsp3) is 0.409. The molecule has 0 radical (unpaired) electrons. The van der Waals surface area contributed by atoms with E-state index in [1.165, 1.54) is 4.31 Å². The summed E-state index contributed by atoms with van der Waals surface area (Å²) in [5, 5.41) is 2.97. The standard InChI is InChI=1S/C22H30N2O3S/c1-14-8-9-16(3)21(12-14)18(5)23-22(25)19(6)24(28(7,26)27)20-11-10-15(2)17(4)13-20/h8-13,18-19H,1-7H3,(H,23,25)/t18-,19-/m1/s1. The van der Waals surface area contributed by atoms with Crippen LogP contribution in [0.25, 0.3) is 0 Å². The quantitative estimate of drug-likeness (QED) is 0.795. The molecule has 0 aliphatic rings. The van der Waals surface area contributed by atoms with Crippen LogP contribution in [-0.2, 0) is 14.8 Å². The highest BCUT2D eigenvalue weighted by Crippen LogP contribution is 2.25. The van der Waals surface area contributed by atoms with Gasteiger partial charge in [-0.2, -0.15) is 0 Å². The predicted molar refractivity (Wildman–Crippen MR) is 115 cm³/mol. The Hall–Kier alpha value is -2.34. The van der Waals surface area contributed by atoms with Crippen LogP contribution in [-0.4, -0.2) is 26.6 Å². The highest BCUT2D eigenvalue weighted by molar-refractivity contribution is 7.92. The van der Waals surface area contributed by atoms with Crippen molar-refractivity contribution in [3.05, 3.63) is 64.2 Å². The van der Waals surface area contributed by atoms with Gasteiger partial charge in [-0.05, 0) is 75.9 Å². The second-order valence-electron chi connectivity index (χ2n) is 7.59. The zero-order chi connectivity index (χ0) is 21.2. The lowest BCUT2D eigenvalue weighted by Crippen LogP contribution is -2.48. The highest BCUT2D eigenvalue weighted by Gasteiger charge is 2.30. The molecule has 0 saturated carbocycles. The van der Waals surface area contributed by atoms with Crippen molar-refractivity contribution in [3.63, 3.8) is 0 Å². The van der Waals surface area contributed by atoms with E-state index >= 15 is 0 Å². The predicted octanol–water partition coefficient (Wildman–Crippen LogP) is 3.95. The summed E-state index contributed by atoms with van der Waals surface area (Å²) < 4.78 is 26.1. The number of benzene rings is 2. The van der Waals surface area contributed by atoms with E-state index in [1.54, 1.807) is 19.1 Å². The lowest BCUT2D eigenvalue weighted by atomic mass is 10.00. The maximum Gasteiger partial charge on any atom is 0.244 e. The SMILES string of the molecule is Cc1ccc(C)c([C@@H](C)NC(=O)[C@@H](C)N(c2ccc(C)c(C)c2)S(C)(=O)=O)c1. The van der Waals surface area contributed by atoms with Crippen LogP contribution in [0, 0.1) is 27.7 Å². The fourth-order valence-electron chi connectivity index (χ4n) is 3.31. The Labute approximate surface area is 168 Å². The highest BCUT2D eigenvalue weighted by atomic mass is 32.2. The number of aryl methyl sites for hydroxylation is 4. The molecule has 1 N–H and O–H groups in total. The van der Waals surface area contributed by atoms with Gasteiger partial charge in [0, 0.05) is 0 Å². The average Bonchev–Trinajstić information content (AvgIpc) is 2.58. The van der Waals surface area contributed by atoms with E-state index in [1.807, 2.05) is 58.9 Å². The van der Waals surface area contributed by atoms with Gasteiger partial charge in [0.2, 0.25) is 15.9 Å². The van der Waals surface area contributed by atoms with Gasteiger partial charge < -0.3 is 5.32 Å². The molecule has 0 saturated heterocycles. The molecule has 0 heterocycles. The Morgan fingerprint density at radius 2 is 1.54 bits per heavy atom. The van der Waals surface area contributed by atoms with Crippen molar-refractivity contribution >= 4 is 21.6 Å². The molecule has 0 unspecified atom stereocenters. The van der Waals surface area contributed by atoms with Gasteiger partial charge in [-0.1, -0.05) is 29.8 Å². The molecule has 2 aromatic carbocycles. The number of hydrogen-bond acceptors (Lipinski definition) is 3. The first-order valence-corrected chi connectivity index (χ1v) is 11.2. The number of carbonyl (C=O) groups is 1. The fourth-order valence-corrected chi connectivity index (χ4v) is 4.48. The minimum absolute atomic E-state index is 0.226. The number of hydrogen-bond donors (Lipinski definition) is 1. The van der Waals surface area contributed by atoms with Crippen molar-refractivity contribution < 1.29 is 13.2 Å². The third kappa shape index (κ3) is 4.93. The van der Waals surface area contributed by atoms with Crippen molar-refractivity contribution in [3.8, 4) is 0 Å². The van der Waals surface area contributed by atoms with E-state index in [4.69, 9.17) is 0 Å². The molecule has 0 spiro atoms. The topological polar surface area (TPSA) is 66.5 Å². The summed E-state index contributed by atoms with van der Waals surface area (Å²) in [6.45, 7) is 11.4. The smallest absolute Gasteiger partial charge is 0.244 e. The van der Waals surface area contributed by atoms with Gasteiger partial charge >= 0.3 is 0 Å². The van der Waals surface area contributed by atoms with E-state index in [0.29, 0.717) is 5.69 Å². The molecule has 2 atom stereocenters. The lowest BCUT2D eigenvalue weighted by Gasteiger charge is -2.30. The summed E-state index contributed by atoms with van der Waals surface area (Å²) >= 11 is 0. The van der Waals surface area contributed by atoms with Crippen LogP contribution in [0.2, 0.25) is 0 Å². The van der Waals surface area contributed by atoms with Crippen LogP contribution >= 0.6 is 0 Å². The van der Waals surface area contributed by atoms with E-state index in [2.05, 4.69) is 5.32 Å². The Morgan fingerprint density at radius 1 is 0.929 bits per heavy atom. The monoisotopic (exact) mass is 402 g/mol. The van der Waals surface area contributed by atoms with E-state index in [-0.39, 0.29) is 11.9 Å². The van der Waals surface area contributed by atoms with Gasteiger partial charge in [-0.15, -0.1) is 0 Å². The number of sulfonamides is 1. The molecule has 0 fully saturated rings. The van der Waals surface area contributed by atoms with E-state index in [0.717, 1.165) is 34.1 Å². The molecule has 28 heavy (non-hydrogen) atoms. The first-order chi connectivity index (χ1) is 12.9. The molecule has 0 aromatic heterocycles. The molecule has 0 aliphatic carbocycles. The van der Waals surface area contributed by atoms with Crippen molar-refractivity contribution in [2.75, 3.05) is 10.6 Å². The van der Waals surface area contributed by atoms with E-state index < -0.39 is 16.1 Å². The molecule has 6 heteroatoms. The largest absolute Gasteiger partial charge is 0.348 e. The molecule has 2 rings (SSSR count). The molecular formula is C22H30N2O3S. The molecular weight excluding hydrogens is 372 g/mol. The Kier molecular flexibility index (Phi) is 6.55. The van der Waals surface area contributed by atoms with Gasteiger partial charge in [0.25, 0.3) is 0 Å². The van der Waals surface area contributed by atoms with Crippen LogP contribution in [0.1, 0.15) is 47.7 Å². The van der Waals surface area contributed by atoms with Crippen molar-refractivity contribution in [1.82, 2.24) is 5.32 Å². The van der Waals surface area contributed by atoms with Crippen molar-refractivity contribution in [1.29, 1.82) is 0 Å². The van der Waals surface area contributed by atoms with Crippen molar-refractivity contribution in [2.45, 2.75) is 53.6 Å². The normalized spacial score (nSPS) is 13.7. The second kappa shape index (κ2) is 8.35. The molecule has 1 amide bonds. The second-order valence-corrected chi connectivity index (χ2v) is 9.45. The molecule has 0 bridgehead atoms. The number of nitrogens with one attached hydrogen (secondary N) is 1. The van der Waals surface area contributed by atoms with E-state index in [9.17, 15) is 13.2 Å². The zero-order valence-electron chi connectivity index (χ0n) is 17.7. The number of rotatable bonds is 6. The lowest BCUT2D eigenvalue weighted by molar-refractivity contribution is -0.122. The van der Waals surface area contributed by atoms with Gasteiger partial charge in [0.05, 0.1) is 18.0 Å². The molecule has 152 valence electrons. The maximum absolute atomic E-state index is 12.9. The van der Waals surface area contributed by atoms with Crippen LogP contribution in [0.4, 0.5) is 5.69 Å². The zero-order valence-corrected chi connectivity index (χ0v) is 18.5. The van der Waals surface area contributed by atoms with Crippen molar-refractivity contribution in [2.24, 2.45) is 0 Å². The number of anilines is 1. The van der Waals surface area contributed by atoms with Gasteiger partial charge in [0.1, 0.15) is 6.04 Å². The summed E-state index contributed by atoms with van der Waals surface area (Å²) in [4.78, 5) is 12.9. The molecule has 5 nitrogen and oxygen atoms in total. The number of nitrogens with zero attached hydrogens (tertiary/aromatic N) is 1. The van der Waals surface area contributed by atoms with Crippen LogP contribution in [0.3, 0.4) is 0 Å². The maximum atomic E-state index is 12.9. The Balaban J connectivity index is 2.31.